The van der Waals surface area contributed by atoms with E-state index < -0.39 is 24.3 Å². The number of anilines is 1. The number of fused-ring (bicyclic) bond motifs is 1. The van der Waals surface area contributed by atoms with E-state index in [0.29, 0.717) is 12.5 Å². The van der Waals surface area contributed by atoms with Crippen molar-refractivity contribution in [2.24, 2.45) is 5.92 Å². The average Bonchev–Trinajstić information content (AvgIpc) is 3.52. The fraction of sp³-hybridized carbons (Fsp3) is 0.478. The summed E-state index contributed by atoms with van der Waals surface area (Å²) in [4.78, 5) is 24.1. The van der Waals surface area contributed by atoms with Crippen molar-refractivity contribution in [3.05, 3.63) is 48.5 Å². The molecule has 5 rings (SSSR count). The average molecular weight is 594 g/mol. The van der Waals surface area contributed by atoms with Crippen LogP contribution in [0.5, 0.6) is 0 Å². The van der Waals surface area contributed by atoms with E-state index in [1.54, 1.807) is 23.2 Å². The van der Waals surface area contributed by atoms with E-state index in [9.17, 15) is 26.3 Å². The van der Waals surface area contributed by atoms with Crippen LogP contribution in [0.15, 0.2) is 43.0 Å². The van der Waals surface area contributed by atoms with Crippen LogP contribution in [0.25, 0.3) is 5.65 Å². The zero-order chi connectivity index (χ0) is 30.3. The first-order valence-electron chi connectivity index (χ1n) is 11.8. The first-order chi connectivity index (χ1) is 19.2. The molecule has 18 heteroatoms. The highest BCUT2D eigenvalue weighted by molar-refractivity contribution is 5.73. The number of aliphatic carboxylic acids is 2. The van der Waals surface area contributed by atoms with Crippen molar-refractivity contribution in [1.29, 1.82) is 0 Å². The number of halogens is 6. The summed E-state index contributed by atoms with van der Waals surface area (Å²) in [5, 5.41) is 26.7. The van der Waals surface area contributed by atoms with Gasteiger partial charge in [-0.2, -0.15) is 30.9 Å². The van der Waals surface area contributed by atoms with Crippen molar-refractivity contribution in [3.63, 3.8) is 0 Å². The molecule has 12 nitrogen and oxygen atoms in total. The first kappa shape index (κ1) is 31.5. The molecule has 2 aliphatic heterocycles. The Labute approximate surface area is 227 Å². The van der Waals surface area contributed by atoms with Gasteiger partial charge in [0.1, 0.15) is 17.7 Å². The molecule has 2 aliphatic rings. The molecule has 2 saturated heterocycles. The van der Waals surface area contributed by atoms with Gasteiger partial charge >= 0.3 is 24.3 Å². The molecule has 2 N–H and O–H groups in total. The Morgan fingerprint density at radius 2 is 1.63 bits per heavy atom. The maximum atomic E-state index is 10.6. The monoisotopic (exact) mass is 594 g/mol. The second-order valence-corrected chi connectivity index (χ2v) is 8.88. The molecule has 1 spiro atoms. The molecule has 0 aromatic carbocycles. The first-order valence-corrected chi connectivity index (χ1v) is 11.8. The Morgan fingerprint density at radius 1 is 1.02 bits per heavy atom. The number of nitrogens with zero attached hydrogens (tertiary/aromatic N) is 6. The van der Waals surface area contributed by atoms with Gasteiger partial charge < -0.3 is 24.6 Å². The van der Waals surface area contributed by atoms with Crippen LogP contribution >= 0.6 is 0 Å². The van der Waals surface area contributed by atoms with E-state index in [1.807, 2.05) is 24.3 Å². The van der Waals surface area contributed by atoms with Gasteiger partial charge in [0.15, 0.2) is 5.65 Å². The van der Waals surface area contributed by atoms with Crippen molar-refractivity contribution in [3.8, 4) is 0 Å². The molecule has 1 unspecified atom stereocenters. The van der Waals surface area contributed by atoms with E-state index in [1.165, 1.54) is 0 Å². The third kappa shape index (κ3) is 8.71. The van der Waals surface area contributed by atoms with Gasteiger partial charge in [0, 0.05) is 25.6 Å². The summed E-state index contributed by atoms with van der Waals surface area (Å²) >= 11 is 0. The Hall–Kier alpha value is -4.06. The number of pyridine rings is 1. The molecule has 0 radical (unpaired) electrons. The van der Waals surface area contributed by atoms with E-state index >= 15 is 0 Å². The molecular formula is C23H24F6N6O6. The number of ether oxygens (including phenoxy) is 2. The second kappa shape index (κ2) is 13.1. The lowest BCUT2D eigenvalue weighted by Crippen LogP contribution is -2.65. The van der Waals surface area contributed by atoms with Crippen molar-refractivity contribution in [1.82, 2.24) is 24.8 Å². The summed E-state index contributed by atoms with van der Waals surface area (Å²) in [6.07, 6.45) is -2.82. The van der Waals surface area contributed by atoms with Crippen LogP contribution in [0.1, 0.15) is 18.4 Å². The summed E-state index contributed by atoms with van der Waals surface area (Å²) in [6, 6.07) is 7.92. The third-order valence-electron chi connectivity index (χ3n) is 6.10. The molecular weight excluding hydrogens is 570 g/mol. The van der Waals surface area contributed by atoms with Crippen LogP contribution < -0.4 is 4.90 Å². The molecule has 0 amide bonds. The fourth-order valence-electron chi connectivity index (χ4n) is 4.09. The molecule has 0 saturated carbocycles. The molecule has 5 heterocycles. The summed E-state index contributed by atoms with van der Waals surface area (Å²) in [6.45, 7) is 3.98. The zero-order valence-electron chi connectivity index (χ0n) is 21.0. The molecule has 3 aromatic heterocycles. The molecule has 41 heavy (non-hydrogen) atoms. The van der Waals surface area contributed by atoms with Crippen LogP contribution in [0.2, 0.25) is 0 Å². The lowest BCUT2D eigenvalue weighted by Gasteiger charge is -2.50. The maximum absolute atomic E-state index is 10.6. The summed E-state index contributed by atoms with van der Waals surface area (Å²) in [5.74, 6) is -4.04. The molecule has 224 valence electrons. The predicted molar refractivity (Wildman–Crippen MR) is 126 cm³/mol. The fourth-order valence-corrected chi connectivity index (χ4v) is 4.09. The second-order valence-electron chi connectivity index (χ2n) is 8.88. The largest absolute Gasteiger partial charge is 0.490 e. The standard InChI is InChI=1S/C19H22N6O2.2C2HF3O2/c1-2-18(23-25-14-21-22-17(1)25)24-12-19(13-24)16(6-10-27-19)5-9-26-11-15-3-7-20-8-4-15;2*3-2(4,5)1(6)7/h1-4,7-8,14,16H,5-6,9-13H2;2*(H,6,7). The number of carboxylic acid groups (broad SMARTS) is 2. The highest BCUT2D eigenvalue weighted by Gasteiger charge is 2.53. The van der Waals surface area contributed by atoms with Gasteiger partial charge in [-0.15, -0.1) is 15.3 Å². The minimum absolute atomic E-state index is 0.0517. The normalized spacial score (nSPS) is 17.7. The molecule has 1 atom stereocenters. The van der Waals surface area contributed by atoms with Gasteiger partial charge in [-0.3, -0.25) is 4.98 Å². The molecule has 2 fully saturated rings. The van der Waals surface area contributed by atoms with Crippen molar-refractivity contribution in [2.45, 2.75) is 37.4 Å². The van der Waals surface area contributed by atoms with Gasteiger partial charge in [0.2, 0.25) is 0 Å². The van der Waals surface area contributed by atoms with Crippen molar-refractivity contribution in [2.75, 3.05) is 31.2 Å². The Morgan fingerprint density at radius 3 is 2.22 bits per heavy atom. The van der Waals surface area contributed by atoms with Crippen LogP contribution in [0.4, 0.5) is 32.2 Å². The van der Waals surface area contributed by atoms with E-state index in [0.717, 1.165) is 56.2 Å². The van der Waals surface area contributed by atoms with Gasteiger partial charge in [-0.25, -0.2) is 9.59 Å². The van der Waals surface area contributed by atoms with E-state index in [2.05, 4.69) is 25.2 Å². The van der Waals surface area contributed by atoms with Gasteiger partial charge in [0.05, 0.1) is 19.7 Å². The number of rotatable bonds is 6. The van der Waals surface area contributed by atoms with Gasteiger partial charge in [-0.05, 0) is 48.6 Å². The van der Waals surface area contributed by atoms with Crippen molar-refractivity contribution >= 4 is 23.4 Å². The number of hydrogen-bond donors (Lipinski definition) is 2. The minimum Gasteiger partial charge on any atom is -0.475 e. The predicted octanol–water partition coefficient (Wildman–Crippen LogP) is 2.99. The van der Waals surface area contributed by atoms with E-state index in [-0.39, 0.29) is 5.60 Å². The molecule has 3 aromatic rings. The maximum Gasteiger partial charge on any atom is 0.490 e. The lowest BCUT2D eigenvalue weighted by molar-refractivity contribution is -0.193. The highest BCUT2D eigenvalue weighted by Crippen LogP contribution is 2.43. The Kier molecular flexibility index (Phi) is 10.0. The minimum atomic E-state index is -5.08. The number of hydrogen-bond acceptors (Lipinski definition) is 9. The van der Waals surface area contributed by atoms with Crippen LogP contribution in [-0.2, 0) is 25.7 Å². The number of aromatic nitrogens is 5. The van der Waals surface area contributed by atoms with Crippen LogP contribution in [0, 0.1) is 5.92 Å². The van der Waals surface area contributed by atoms with Crippen molar-refractivity contribution < 1.29 is 55.6 Å². The summed E-state index contributed by atoms with van der Waals surface area (Å²) < 4.78 is 77.2. The summed E-state index contributed by atoms with van der Waals surface area (Å²) in [7, 11) is 0. The van der Waals surface area contributed by atoms with E-state index in [4.69, 9.17) is 29.3 Å². The Bertz CT molecular complexity index is 1280. The smallest absolute Gasteiger partial charge is 0.475 e. The highest BCUT2D eigenvalue weighted by atomic mass is 19.4. The summed E-state index contributed by atoms with van der Waals surface area (Å²) in [5.41, 5.74) is 1.87. The third-order valence-corrected chi connectivity index (χ3v) is 6.10. The molecule has 0 aliphatic carbocycles. The number of carbonyl (C=O) groups is 2. The Balaban J connectivity index is 0.000000276. The van der Waals surface area contributed by atoms with Gasteiger partial charge in [0.25, 0.3) is 0 Å². The zero-order valence-corrected chi connectivity index (χ0v) is 21.0. The quantitative estimate of drug-likeness (QED) is 0.320. The van der Waals surface area contributed by atoms with Gasteiger partial charge in [-0.1, -0.05) is 0 Å². The lowest BCUT2D eigenvalue weighted by atomic mass is 9.79. The van der Waals surface area contributed by atoms with Crippen LogP contribution in [-0.4, -0.2) is 91.2 Å². The number of carboxylic acids is 2. The van der Waals surface area contributed by atoms with Crippen LogP contribution in [0.3, 0.4) is 0 Å². The number of alkyl halides is 6. The topological polar surface area (TPSA) is 152 Å². The molecule has 0 bridgehead atoms. The SMILES string of the molecule is O=C(O)C(F)(F)F.O=C(O)C(F)(F)F.c1cc(COCCC2CCOC23CN(c2ccc4nncn4n2)C3)ccn1.